The number of carbonyl (C=O) groups excluding carboxylic acids is 1. The lowest BCUT2D eigenvalue weighted by Crippen LogP contribution is -2.28. The quantitative estimate of drug-likeness (QED) is 0.736. The van der Waals surface area contributed by atoms with E-state index in [4.69, 9.17) is 16.3 Å². The topological polar surface area (TPSA) is 56.1 Å². The molecule has 0 aliphatic carbocycles. The van der Waals surface area contributed by atoms with Gasteiger partial charge in [0, 0.05) is 35.2 Å². The molecule has 6 heteroatoms. The molecule has 128 valence electrons. The molecule has 0 fully saturated rings. The van der Waals surface area contributed by atoms with Gasteiger partial charge < -0.3 is 14.6 Å². The maximum Gasteiger partial charge on any atom is 0.258 e. The van der Waals surface area contributed by atoms with Crippen LogP contribution in [0.1, 0.15) is 11.1 Å². The molecule has 2 aromatic carbocycles. The van der Waals surface area contributed by atoms with E-state index in [0.29, 0.717) is 17.3 Å². The van der Waals surface area contributed by atoms with Crippen LogP contribution in [0.3, 0.4) is 0 Å². The Hall–Kier alpha value is -2.79. The molecule has 0 unspecified atom stereocenters. The first-order chi connectivity index (χ1) is 12.1. The zero-order valence-electron chi connectivity index (χ0n) is 13.8. The van der Waals surface area contributed by atoms with Crippen LogP contribution in [0.5, 0.6) is 5.75 Å². The summed E-state index contributed by atoms with van der Waals surface area (Å²) < 4.78 is 7.45. The van der Waals surface area contributed by atoms with Crippen LogP contribution >= 0.6 is 11.6 Å². The summed E-state index contributed by atoms with van der Waals surface area (Å²) >= 11 is 6.03. The van der Waals surface area contributed by atoms with Crippen molar-refractivity contribution in [2.75, 3.05) is 6.61 Å². The van der Waals surface area contributed by atoms with Crippen LogP contribution in [0, 0.1) is 6.92 Å². The Balaban J connectivity index is 1.50. The van der Waals surface area contributed by atoms with Crippen molar-refractivity contribution in [3.63, 3.8) is 0 Å². The van der Waals surface area contributed by atoms with E-state index in [0.717, 1.165) is 16.8 Å². The summed E-state index contributed by atoms with van der Waals surface area (Å²) in [7, 11) is 0. The van der Waals surface area contributed by atoms with E-state index in [1.165, 1.54) is 0 Å². The van der Waals surface area contributed by atoms with Gasteiger partial charge in [-0.1, -0.05) is 29.8 Å². The molecule has 5 nitrogen and oxygen atoms in total. The fourth-order valence-corrected chi connectivity index (χ4v) is 2.50. The molecule has 1 aromatic heterocycles. The Bertz CT molecular complexity index is 846. The van der Waals surface area contributed by atoms with Gasteiger partial charge in [0.15, 0.2) is 6.61 Å². The van der Waals surface area contributed by atoms with Crippen LogP contribution in [0.15, 0.2) is 61.2 Å². The standard InChI is InChI=1S/C19H18ClN3O2/c1-14-17(20)3-2-4-18(14)25-12-19(24)22-11-15-5-7-16(8-6-15)23-10-9-21-13-23/h2-10,13H,11-12H2,1H3,(H,22,24). The molecule has 25 heavy (non-hydrogen) atoms. The van der Waals surface area contributed by atoms with Crippen LogP contribution in [0.2, 0.25) is 5.02 Å². The van der Waals surface area contributed by atoms with Crippen molar-refractivity contribution >= 4 is 17.5 Å². The molecule has 3 rings (SSSR count). The Kier molecular flexibility index (Phi) is 5.36. The lowest BCUT2D eigenvalue weighted by Gasteiger charge is -2.10. The van der Waals surface area contributed by atoms with Gasteiger partial charge in [-0.15, -0.1) is 0 Å². The molecule has 0 saturated carbocycles. The molecule has 1 heterocycles. The van der Waals surface area contributed by atoms with Crippen molar-refractivity contribution in [2.24, 2.45) is 0 Å². The summed E-state index contributed by atoms with van der Waals surface area (Å²) in [5.74, 6) is 0.436. The predicted octanol–water partition coefficient (Wildman–Crippen LogP) is 3.53. The van der Waals surface area contributed by atoms with Crippen molar-refractivity contribution in [3.8, 4) is 11.4 Å². The van der Waals surface area contributed by atoms with Gasteiger partial charge in [0.05, 0.1) is 6.33 Å². The fraction of sp³-hybridized carbons (Fsp3) is 0.158. The number of hydrogen-bond acceptors (Lipinski definition) is 3. The molecular formula is C19H18ClN3O2. The van der Waals surface area contributed by atoms with E-state index in [1.807, 2.05) is 42.0 Å². The molecule has 3 aromatic rings. The van der Waals surface area contributed by atoms with Crippen LogP contribution in [0.25, 0.3) is 5.69 Å². The minimum atomic E-state index is -0.182. The van der Waals surface area contributed by atoms with E-state index in [9.17, 15) is 4.79 Å². The van der Waals surface area contributed by atoms with E-state index >= 15 is 0 Å². The highest BCUT2D eigenvalue weighted by Gasteiger charge is 2.07. The molecule has 1 amide bonds. The summed E-state index contributed by atoms with van der Waals surface area (Å²) in [6.45, 7) is 2.26. The molecule has 1 N–H and O–H groups in total. The Morgan fingerprint density at radius 3 is 2.76 bits per heavy atom. The number of amides is 1. The predicted molar refractivity (Wildman–Crippen MR) is 97.1 cm³/mol. The Labute approximate surface area is 151 Å². The fourth-order valence-electron chi connectivity index (χ4n) is 2.34. The van der Waals surface area contributed by atoms with Crippen molar-refractivity contribution < 1.29 is 9.53 Å². The minimum absolute atomic E-state index is 0.0473. The smallest absolute Gasteiger partial charge is 0.258 e. The van der Waals surface area contributed by atoms with Gasteiger partial charge >= 0.3 is 0 Å². The monoisotopic (exact) mass is 355 g/mol. The average Bonchev–Trinajstić information content (AvgIpc) is 3.16. The number of hydrogen-bond donors (Lipinski definition) is 1. The number of ether oxygens (including phenoxy) is 1. The second kappa shape index (κ2) is 7.85. The highest BCUT2D eigenvalue weighted by Crippen LogP contribution is 2.24. The van der Waals surface area contributed by atoms with Crippen molar-refractivity contribution in [1.29, 1.82) is 0 Å². The number of nitrogens with one attached hydrogen (secondary N) is 1. The lowest BCUT2D eigenvalue weighted by molar-refractivity contribution is -0.123. The summed E-state index contributed by atoms with van der Waals surface area (Å²) in [5, 5.41) is 3.46. The summed E-state index contributed by atoms with van der Waals surface area (Å²) in [6, 6.07) is 13.3. The first kappa shape index (κ1) is 17.0. The number of imidazole rings is 1. The van der Waals surface area contributed by atoms with E-state index in [1.54, 1.807) is 30.7 Å². The summed E-state index contributed by atoms with van der Waals surface area (Å²) in [6.07, 6.45) is 5.35. The third-order valence-corrected chi connectivity index (χ3v) is 4.21. The van der Waals surface area contributed by atoms with Crippen molar-refractivity contribution in [3.05, 3.63) is 77.3 Å². The number of nitrogens with zero attached hydrogens (tertiary/aromatic N) is 2. The summed E-state index contributed by atoms with van der Waals surface area (Å²) in [4.78, 5) is 16.0. The van der Waals surface area contributed by atoms with E-state index in [2.05, 4.69) is 10.3 Å². The first-order valence-corrected chi connectivity index (χ1v) is 8.23. The van der Waals surface area contributed by atoms with Gasteiger partial charge in [-0.2, -0.15) is 0 Å². The van der Waals surface area contributed by atoms with Crippen LogP contribution in [0.4, 0.5) is 0 Å². The number of halogens is 1. The van der Waals surface area contributed by atoms with E-state index < -0.39 is 0 Å². The SMILES string of the molecule is Cc1c(Cl)cccc1OCC(=O)NCc1ccc(-n2ccnc2)cc1. The van der Waals surface area contributed by atoms with Gasteiger partial charge in [-0.05, 0) is 36.8 Å². The van der Waals surface area contributed by atoms with Crippen molar-refractivity contribution in [2.45, 2.75) is 13.5 Å². The first-order valence-electron chi connectivity index (χ1n) is 7.85. The maximum atomic E-state index is 12.0. The molecule has 0 spiro atoms. The zero-order chi connectivity index (χ0) is 17.6. The Morgan fingerprint density at radius 2 is 2.04 bits per heavy atom. The maximum absolute atomic E-state index is 12.0. The average molecular weight is 356 g/mol. The van der Waals surface area contributed by atoms with Gasteiger partial charge in [0.1, 0.15) is 5.75 Å². The largest absolute Gasteiger partial charge is 0.483 e. The highest BCUT2D eigenvalue weighted by atomic mass is 35.5. The molecule has 0 saturated heterocycles. The van der Waals surface area contributed by atoms with Crippen LogP contribution in [-0.4, -0.2) is 22.1 Å². The van der Waals surface area contributed by atoms with Gasteiger partial charge in [0.25, 0.3) is 5.91 Å². The van der Waals surface area contributed by atoms with Gasteiger partial charge in [-0.25, -0.2) is 4.98 Å². The molecule has 0 atom stereocenters. The highest BCUT2D eigenvalue weighted by molar-refractivity contribution is 6.31. The number of rotatable bonds is 6. The van der Waals surface area contributed by atoms with Crippen molar-refractivity contribution in [1.82, 2.24) is 14.9 Å². The number of carbonyl (C=O) groups is 1. The number of benzene rings is 2. The van der Waals surface area contributed by atoms with Gasteiger partial charge in [0.2, 0.25) is 0 Å². The lowest BCUT2D eigenvalue weighted by atomic mass is 10.2. The second-order valence-electron chi connectivity index (χ2n) is 5.56. The van der Waals surface area contributed by atoms with Gasteiger partial charge in [-0.3, -0.25) is 4.79 Å². The number of aromatic nitrogens is 2. The third kappa shape index (κ3) is 4.39. The molecule has 0 radical (unpaired) electrons. The molecular weight excluding hydrogens is 338 g/mol. The second-order valence-corrected chi connectivity index (χ2v) is 5.97. The van der Waals surface area contributed by atoms with E-state index in [-0.39, 0.29) is 12.5 Å². The van der Waals surface area contributed by atoms with Crippen LogP contribution < -0.4 is 10.1 Å². The zero-order valence-corrected chi connectivity index (χ0v) is 14.5. The molecule has 0 aliphatic rings. The third-order valence-electron chi connectivity index (χ3n) is 3.81. The Morgan fingerprint density at radius 1 is 1.24 bits per heavy atom. The normalized spacial score (nSPS) is 10.5. The molecule has 0 aliphatic heterocycles. The summed E-state index contributed by atoms with van der Waals surface area (Å²) in [5.41, 5.74) is 2.86. The molecule has 0 bridgehead atoms. The minimum Gasteiger partial charge on any atom is -0.483 e. The van der Waals surface area contributed by atoms with Crippen LogP contribution in [-0.2, 0) is 11.3 Å².